The summed E-state index contributed by atoms with van der Waals surface area (Å²) in [5.74, 6) is 0.714. The highest BCUT2D eigenvalue weighted by Gasteiger charge is 2.12. The van der Waals surface area contributed by atoms with E-state index in [1.54, 1.807) is 35.2 Å². The molecule has 1 N–H and O–H groups in total. The van der Waals surface area contributed by atoms with Gasteiger partial charge in [0.05, 0.1) is 24.7 Å². The van der Waals surface area contributed by atoms with Crippen molar-refractivity contribution in [3.8, 4) is 0 Å². The lowest BCUT2D eigenvalue weighted by Gasteiger charge is -2.15. The number of carbonyl (C=O) groups excluding carboxylic acids is 1. The molecule has 2 heterocycles. The summed E-state index contributed by atoms with van der Waals surface area (Å²) in [5.41, 5.74) is 0.824. The van der Waals surface area contributed by atoms with Crippen molar-refractivity contribution in [1.82, 2.24) is 25.2 Å². The third-order valence-electron chi connectivity index (χ3n) is 2.97. The molecule has 0 unspecified atom stereocenters. The molecule has 21 heavy (non-hydrogen) atoms. The van der Waals surface area contributed by atoms with E-state index in [2.05, 4.69) is 29.5 Å². The van der Waals surface area contributed by atoms with Crippen molar-refractivity contribution in [3.63, 3.8) is 0 Å². The van der Waals surface area contributed by atoms with Crippen LogP contribution in [0.4, 0.5) is 0 Å². The van der Waals surface area contributed by atoms with Crippen LogP contribution >= 0.6 is 0 Å². The molecule has 7 heteroatoms. The lowest BCUT2D eigenvalue weighted by molar-refractivity contribution is -0.131. The Labute approximate surface area is 123 Å². The first-order chi connectivity index (χ1) is 10.0. The van der Waals surface area contributed by atoms with Crippen LogP contribution < -0.4 is 5.32 Å². The summed E-state index contributed by atoms with van der Waals surface area (Å²) in [4.78, 5) is 13.7. The van der Waals surface area contributed by atoms with Gasteiger partial charge in [0.2, 0.25) is 5.91 Å². The van der Waals surface area contributed by atoms with Crippen LogP contribution in [0.2, 0.25) is 0 Å². The predicted octanol–water partition coefficient (Wildman–Crippen LogP) is 1.03. The van der Waals surface area contributed by atoms with E-state index in [0.717, 1.165) is 11.5 Å². The minimum absolute atomic E-state index is 0.0420. The van der Waals surface area contributed by atoms with E-state index < -0.39 is 0 Å². The number of amides is 1. The van der Waals surface area contributed by atoms with Gasteiger partial charge in [-0.2, -0.15) is 0 Å². The van der Waals surface area contributed by atoms with Crippen LogP contribution in [0.3, 0.4) is 0 Å². The molecule has 2 aromatic rings. The van der Waals surface area contributed by atoms with Gasteiger partial charge in [0.15, 0.2) is 0 Å². The molecule has 0 atom stereocenters. The van der Waals surface area contributed by atoms with Crippen molar-refractivity contribution in [2.75, 3.05) is 7.05 Å². The van der Waals surface area contributed by atoms with Crippen LogP contribution in [0, 0.1) is 0 Å². The summed E-state index contributed by atoms with van der Waals surface area (Å²) in [6.45, 7) is 5.40. The maximum atomic E-state index is 12.1. The Morgan fingerprint density at radius 1 is 1.52 bits per heavy atom. The average Bonchev–Trinajstić information content (AvgIpc) is 3.08. The molecule has 0 aliphatic heterocycles. The smallest absolute Gasteiger partial charge is 0.244 e. The van der Waals surface area contributed by atoms with Crippen molar-refractivity contribution in [2.24, 2.45) is 0 Å². The Balaban J connectivity index is 1.84. The van der Waals surface area contributed by atoms with E-state index in [9.17, 15) is 4.79 Å². The van der Waals surface area contributed by atoms with Crippen molar-refractivity contribution < 1.29 is 9.21 Å². The number of nitrogens with zero attached hydrogens (tertiary/aromatic N) is 4. The Kier molecular flexibility index (Phi) is 5.10. The Morgan fingerprint density at radius 2 is 2.33 bits per heavy atom. The van der Waals surface area contributed by atoms with Gasteiger partial charge in [-0.25, -0.2) is 4.68 Å². The number of rotatable bonds is 7. The monoisotopic (exact) mass is 291 g/mol. The quantitative estimate of drug-likeness (QED) is 0.824. The van der Waals surface area contributed by atoms with Crippen molar-refractivity contribution >= 4 is 5.91 Å². The molecule has 0 aromatic carbocycles. The molecule has 0 bridgehead atoms. The first-order valence-electron chi connectivity index (χ1n) is 6.93. The van der Waals surface area contributed by atoms with Gasteiger partial charge in [0, 0.05) is 19.6 Å². The molecule has 0 spiro atoms. The topological polar surface area (TPSA) is 76.2 Å². The average molecular weight is 291 g/mol. The highest BCUT2D eigenvalue weighted by Crippen LogP contribution is 2.04. The minimum Gasteiger partial charge on any atom is -0.467 e. The molecule has 0 fully saturated rings. The molecule has 0 aliphatic rings. The zero-order chi connectivity index (χ0) is 15.2. The highest BCUT2D eigenvalue weighted by molar-refractivity contribution is 5.75. The Hall–Kier alpha value is -2.15. The largest absolute Gasteiger partial charge is 0.467 e. The molecule has 0 aliphatic carbocycles. The van der Waals surface area contributed by atoms with E-state index in [0.29, 0.717) is 19.1 Å². The van der Waals surface area contributed by atoms with Crippen molar-refractivity contribution in [1.29, 1.82) is 0 Å². The number of nitrogens with one attached hydrogen (secondary N) is 1. The number of carbonyl (C=O) groups is 1. The van der Waals surface area contributed by atoms with Gasteiger partial charge in [0.1, 0.15) is 12.3 Å². The molecule has 0 saturated carbocycles. The standard InChI is InChI=1S/C14H21N5O2/c1-11(2)15-7-12-8-19(17-16-12)10-14(20)18(3)9-13-5-4-6-21-13/h4-6,8,11,15H,7,9-10H2,1-3H3. The maximum Gasteiger partial charge on any atom is 0.244 e. The zero-order valence-corrected chi connectivity index (χ0v) is 12.6. The molecule has 7 nitrogen and oxygen atoms in total. The van der Waals surface area contributed by atoms with Crippen LogP contribution in [0.1, 0.15) is 25.3 Å². The van der Waals surface area contributed by atoms with Crippen LogP contribution in [0.25, 0.3) is 0 Å². The van der Waals surface area contributed by atoms with E-state index >= 15 is 0 Å². The highest BCUT2D eigenvalue weighted by atomic mass is 16.3. The van der Waals surface area contributed by atoms with Crippen LogP contribution in [0.5, 0.6) is 0 Å². The summed E-state index contributed by atoms with van der Waals surface area (Å²) in [7, 11) is 1.74. The lowest BCUT2D eigenvalue weighted by atomic mass is 10.3. The lowest BCUT2D eigenvalue weighted by Crippen LogP contribution is -2.29. The molecule has 114 valence electrons. The fraction of sp³-hybridized carbons (Fsp3) is 0.500. The molecule has 0 saturated heterocycles. The van der Waals surface area contributed by atoms with E-state index in [-0.39, 0.29) is 12.5 Å². The van der Waals surface area contributed by atoms with Gasteiger partial charge in [-0.15, -0.1) is 5.10 Å². The van der Waals surface area contributed by atoms with Crippen molar-refractivity contribution in [3.05, 3.63) is 36.0 Å². The zero-order valence-electron chi connectivity index (χ0n) is 12.6. The summed E-state index contributed by atoms with van der Waals surface area (Å²) in [5, 5.41) is 11.3. The first kappa shape index (κ1) is 15.2. The number of hydrogen-bond donors (Lipinski definition) is 1. The molecular weight excluding hydrogens is 270 g/mol. The second-order valence-electron chi connectivity index (χ2n) is 5.27. The number of hydrogen-bond acceptors (Lipinski definition) is 5. The molecular formula is C14H21N5O2. The predicted molar refractivity (Wildman–Crippen MR) is 77.2 cm³/mol. The third kappa shape index (κ3) is 4.71. The van der Waals surface area contributed by atoms with E-state index in [1.165, 1.54) is 0 Å². The van der Waals surface area contributed by atoms with E-state index in [1.807, 2.05) is 6.07 Å². The third-order valence-corrected chi connectivity index (χ3v) is 2.97. The molecule has 0 radical (unpaired) electrons. The second-order valence-corrected chi connectivity index (χ2v) is 5.27. The number of aromatic nitrogens is 3. The van der Waals surface area contributed by atoms with E-state index in [4.69, 9.17) is 4.42 Å². The minimum atomic E-state index is -0.0420. The van der Waals surface area contributed by atoms with Gasteiger partial charge >= 0.3 is 0 Å². The maximum absolute atomic E-state index is 12.1. The van der Waals surface area contributed by atoms with Gasteiger partial charge in [0.25, 0.3) is 0 Å². The van der Waals surface area contributed by atoms with Crippen LogP contribution in [-0.4, -0.2) is 38.9 Å². The second kappa shape index (κ2) is 7.03. The van der Waals surface area contributed by atoms with Crippen LogP contribution in [0.15, 0.2) is 29.0 Å². The van der Waals surface area contributed by atoms with Crippen LogP contribution in [-0.2, 0) is 24.4 Å². The number of likely N-dealkylation sites (N-methyl/N-ethyl adjacent to an activating group) is 1. The van der Waals surface area contributed by atoms with Gasteiger partial charge < -0.3 is 14.6 Å². The normalized spacial score (nSPS) is 11.0. The van der Waals surface area contributed by atoms with Gasteiger partial charge in [-0.1, -0.05) is 19.1 Å². The first-order valence-corrected chi connectivity index (χ1v) is 6.93. The van der Waals surface area contributed by atoms with Crippen molar-refractivity contribution in [2.45, 2.75) is 39.5 Å². The fourth-order valence-electron chi connectivity index (χ4n) is 1.79. The molecule has 2 rings (SSSR count). The Morgan fingerprint density at radius 3 is 3.00 bits per heavy atom. The van der Waals surface area contributed by atoms with Gasteiger partial charge in [-0.05, 0) is 12.1 Å². The summed E-state index contributed by atoms with van der Waals surface area (Å²) in [6.07, 6.45) is 3.38. The molecule has 1 amide bonds. The summed E-state index contributed by atoms with van der Waals surface area (Å²) < 4.78 is 6.78. The molecule has 2 aromatic heterocycles. The summed E-state index contributed by atoms with van der Waals surface area (Å²) >= 11 is 0. The fourth-order valence-corrected chi connectivity index (χ4v) is 1.79. The number of furan rings is 1. The summed E-state index contributed by atoms with van der Waals surface area (Å²) in [6, 6.07) is 4.03. The SMILES string of the molecule is CC(C)NCc1cn(CC(=O)N(C)Cc2ccco2)nn1. The Bertz CT molecular complexity index is 562. The van der Waals surface area contributed by atoms with Gasteiger partial charge in [-0.3, -0.25) is 4.79 Å².